The predicted molar refractivity (Wildman–Crippen MR) is 96.6 cm³/mol. The molecule has 2 rings (SSSR count). The molecule has 0 amide bonds. The maximum Gasteiger partial charge on any atom is 0.119 e. The summed E-state index contributed by atoms with van der Waals surface area (Å²) in [7, 11) is 1.67. The molecular weight excluding hydrogens is 302 g/mol. The van der Waals surface area contributed by atoms with Gasteiger partial charge in [0.2, 0.25) is 0 Å². The van der Waals surface area contributed by atoms with Crippen molar-refractivity contribution in [2.24, 2.45) is 0 Å². The summed E-state index contributed by atoms with van der Waals surface area (Å²) in [6.07, 6.45) is 0.201. The molecule has 130 valence electrons. The van der Waals surface area contributed by atoms with Crippen LogP contribution >= 0.6 is 0 Å². The van der Waals surface area contributed by atoms with E-state index in [-0.39, 0.29) is 6.10 Å². The van der Waals surface area contributed by atoms with Crippen LogP contribution in [0.15, 0.2) is 48.5 Å². The van der Waals surface area contributed by atoms with Crippen LogP contribution in [-0.2, 0) is 17.8 Å². The SMILES string of the molecule is COCCOc1cccc(CNCc2ccc(OC(C)C)cc2)c1. The molecule has 0 radical (unpaired) electrons. The number of rotatable bonds is 10. The molecular formula is C20H27NO3. The molecule has 24 heavy (non-hydrogen) atoms. The monoisotopic (exact) mass is 329 g/mol. The lowest BCUT2D eigenvalue weighted by Crippen LogP contribution is -2.13. The Labute approximate surface area is 144 Å². The first-order valence-corrected chi connectivity index (χ1v) is 8.34. The van der Waals surface area contributed by atoms with Gasteiger partial charge in [-0.25, -0.2) is 0 Å². The highest BCUT2D eigenvalue weighted by molar-refractivity contribution is 5.29. The van der Waals surface area contributed by atoms with Crippen LogP contribution < -0.4 is 14.8 Å². The molecule has 1 N–H and O–H groups in total. The smallest absolute Gasteiger partial charge is 0.119 e. The fourth-order valence-corrected chi connectivity index (χ4v) is 2.30. The van der Waals surface area contributed by atoms with Crippen molar-refractivity contribution >= 4 is 0 Å². The second-order valence-corrected chi connectivity index (χ2v) is 5.90. The largest absolute Gasteiger partial charge is 0.491 e. The van der Waals surface area contributed by atoms with E-state index in [1.54, 1.807) is 7.11 Å². The molecule has 2 aromatic rings. The van der Waals surface area contributed by atoms with E-state index in [9.17, 15) is 0 Å². The highest BCUT2D eigenvalue weighted by atomic mass is 16.5. The van der Waals surface area contributed by atoms with Crippen LogP contribution in [0.5, 0.6) is 11.5 Å². The number of ether oxygens (including phenoxy) is 3. The lowest BCUT2D eigenvalue weighted by atomic mass is 10.2. The van der Waals surface area contributed by atoms with Crippen molar-refractivity contribution in [1.82, 2.24) is 5.32 Å². The van der Waals surface area contributed by atoms with Crippen LogP contribution in [0, 0.1) is 0 Å². The van der Waals surface area contributed by atoms with Crippen molar-refractivity contribution in [3.8, 4) is 11.5 Å². The molecule has 0 fully saturated rings. The van der Waals surface area contributed by atoms with E-state index in [1.165, 1.54) is 11.1 Å². The summed E-state index contributed by atoms with van der Waals surface area (Å²) >= 11 is 0. The molecule has 0 saturated carbocycles. The van der Waals surface area contributed by atoms with E-state index in [0.29, 0.717) is 13.2 Å². The van der Waals surface area contributed by atoms with Gasteiger partial charge in [-0.15, -0.1) is 0 Å². The normalized spacial score (nSPS) is 10.8. The molecule has 0 spiro atoms. The minimum Gasteiger partial charge on any atom is -0.491 e. The maximum atomic E-state index is 5.65. The number of hydrogen-bond donors (Lipinski definition) is 1. The zero-order chi connectivity index (χ0) is 17.2. The van der Waals surface area contributed by atoms with Crippen molar-refractivity contribution in [1.29, 1.82) is 0 Å². The average molecular weight is 329 g/mol. The van der Waals surface area contributed by atoms with Gasteiger partial charge in [-0.2, -0.15) is 0 Å². The van der Waals surface area contributed by atoms with Crippen LogP contribution in [0.25, 0.3) is 0 Å². The summed E-state index contributed by atoms with van der Waals surface area (Å²) in [5.41, 5.74) is 2.43. The van der Waals surface area contributed by atoms with Crippen molar-refractivity contribution in [3.05, 3.63) is 59.7 Å². The standard InChI is InChI=1S/C20H27NO3/c1-16(2)24-19-9-7-17(8-10-19)14-21-15-18-5-4-6-20(13-18)23-12-11-22-3/h4-10,13,16,21H,11-12,14-15H2,1-3H3. The Morgan fingerprint density at radius 2 is 1.62 bits per heavy atom. The highest BCUT2D eigenvalue weighted by Gasteiger charge is 2.00. The van der Waals surface area contributed by atoms with Crippen molar-refractivity contribution in [3.63, 3.8) is 0 Å². The van der Waals surface area contributed by atoms with Crippen LogP contribution in [-0.4, -0.2) is 26.4 Å². The Hall–Kier alpha value is -2.04. The Kier molecular flexibility index (Phi) is 7.59. The molecule has 0 aliphatic carbocycles. The van der Waals surface area contributed by atoms with Gasteiger partial charge in [0.05, 0.1) is 12.7 Å². The first-order chi connectivity index (χ1) is 11.7. The first-order valence-electron chi connectivity index (χ1n) is 8.34. The Bertz CT molecular complexity index is 596. The van der Waals surface area contributed by atoms with Gasteiger partial charge < -0.3 is 19.5 Å². The molecule has 0 saturated heterocycles. The lowest BCUT2D eigenvalue weighted by Gasteiger charge is -2.11. The van der Waals surface area contributed by atoms with E-state index in [1.807, 2.05) is 38.1 Å². The summed E-state index contributed by atoms with van der Waals surface area (Å²) in [5, 5.41) is 3.45. The van der Waals surface area contributed by atoms with Gasteiger partial charge in [0.25, 0.3) is 0 Å². The zero-order valence-corrected chi connectivity index (χ0v) is 14.7. The lowest BCUT2D eigenvalue weighted by molar-refractivity contribution is 0.146. The van der Waals surface area contributed by atoms with Gasteiger partial charge in [0.15, 0.2) is 0 Å². The van der Waals surface area contributed by atoms with Gasteiger partial charge in [-0.3, -0.25) is 0 Å². The number of benzene rings is 2. The third-order valence-corrected chi connectivity index (χ3v) is 3.41. The summed E-state index contributed by atoms with van der Waals surface area (Å²) in [4.78, 5) is 0. The molecule has 4 heteroatoms. The minimum absolute atomic E-state index is 0.201. The van der Waals surface area contributed by atoms with Gasteiger partial charge in [-0.05, 0) is 49.2 Å². The van der Waals surface area contributed by atoms with E-state index in [0.717, 1.165) is 24.6 Å². The molecule has 0 unspecified atom stereocenters. The number of nitrogens with one attached hydrogen (secondary N) is 1. The van der Waals surface area contributed by atoms with Gasteiger partial charge >= 0.3 is 0 Å². The van der Waals surface area contributed by atoms with Gasteiger partial charge in [-0.1, -0.05) is 24.3 Å². The molecule has 0 atom stereocenters. The van der Waals surface area contributed by atoms with Crippen LogP contribution in [0.3, 0.4) is 0 Å². The molecule has 0 aliphatic rings. The summed E-state index contributed by atoms with van der Waals surface area (Å²) in [6.45, 7) is 6.84. The molecule has 0 aromatic heterocycles. The fraction of sp³-hybridized carbons (Fsp3) is 0.400. The van der Waals surface area contributed by atoms with Crippen LogP contribution in [0.4, 0.5) is 0 Å². The fourth-order valence-electron chi connectivity index (χ4n) is 2.30. The van der Waals surface area contributed by atoms with E-state index >= 15 is 0 Å². The van der Waals surface area contributed by atoms with Gasteiger partial charge in [0.1, 0.15) is 18.1 Å². The van der Waals surface area contributed by atoms with Crippen molar-refractivity contribution in [2.45, 2.75) is 33.0 Å². The van der Waals surface area contributed by atoms with Crippen LogP contribution in [0.2, 0.25) is 0 Å². The van der Waals surface area contributed by atoms with E-state index in [2.05, 4.69) is 29.6 Å². The molecule has 2 aromatic carbocycles. The first kappa shape index (κ1) is 18.3. The highest BCUT2D eigenvalue weighted by Crippen LogP contribution is 2.15. The molecule has 4 nitrogen and oxygen atoms in total. The third kappa shape index (κ3) is 6.60. The van der Waals surface area contributed by atoms with E-state index in [4.69, 9.17) is 14.2 Å². The quantitative estimate of drug-likeness (QED) is 0.673. The zero-order valence-electron chi connectivity index (χ0n) is 14.7. The Morgan fingerprint density at radius 1 is 0.875 bits per heavy atom. The second-order valence-electron chi connectivity index (χ2n) is 5.90. The Morgan fingerprint density at radius 3 is 2.33 bits per heavy atom. The number of hydrogen-bond acceptors (Lipinski definition) is 4. The second kappa shape index (κ2) is 9.96. The van der Waals surface area contributed by atoms with E-state index < -0.39 is 0 Å². The average Bonchev–Trinajstić information content (AvgIpc) is 2.57. The van der Waals surface area contributed by atoms with Crippen molar-refractivity contribution < 1.29 is 14.2 Å². The minimum atomic E-state index is 0.201. The van der Waals surface area contributed by atoms with Crippen LogP contribution in [0.1, 0.15) is 25.0 Å². The molecule has 0 aliphatic heterocycles. The topological polar surface area (TPSA) is 39.7 Å². The maximum absolute atomic E-state index is 5.65. The third-order valence-electron chi connectivity index (χ3n) is 3.41. The number of methoxy groups -OCH3 is 1. The molecule has 0 bridgehead atoms. The predicted octanol–water partition coefficient (Wildman–Crippen LogP) is 3.79. The summed E-state index contributed by atoms with van der Waals surface area (Å²) in [6, 6.07) is 16.3. The molecule has 0 heterocycles. The van der Waals surface area contributed by atoms with Crippen molar-refractivity contribution in [2.75, 3.05) is 20.3 Å². The Balaban J connectivity index is 1.78. The summed E-state index contributed by atoms with van der Waals surface area (Å²) < 4.78 is 16.3. The summed E-state index contributed by atoms with van der Waals surface area (Å²) in [5.74, 6) is 1.79. The van der Waals surface area contributed by atoms with Gasteiger partial charge in [0, 0.05) is 20.2 Å².